The van der Waals surface area contributed by atoms with Gasteiger partial charge in [-0.2, -0.15) is 0 Å². The normalized spacial score (nSPS) is 30.5. The van der Waals surface area contributed by atoms with Crippen LogP contribution in [0.2, 0.25) is 0 Å². The zero-order valence-electron chi connectivity index (χ0n) is 13.2. The summed E-state index contributed by atoms with van der Waals surface area (Å²) >= 11 is 0. The molecule has 0 aromatic heterocycles. The van der Waals surface area contributed by atoms with E-state index in [1.54, 1.807) is 6.07 Å². The largest absolute Gasteiger partial charge is 0.314 e. The van der Waals surface area contributed by atoms with Crippen molar-refractivity contribution in [2.24, 2.45) is 5.92 Å². The molecule has 2 aliphatic heterocycles. The molecule has 0 saturated carbocycles. The van der Waals surface area contributed by atoms with E-state index in [0.717, 1.165) is 36.5 Å². The van der Waals surface area contributed by atoms with Crippen LogP contribution in [0.1, 0.15) is 38.2 Å². The van der Waals surface area contributed by atoms with Crippen LogP contribution in [0.25, 0.3) is 0 Å². The van der Waals surface area contributed by atoms with E-state index in [9.17, 15) is 4.39 Å². The Balaban J connectivity index is 1.70. The molecule has 0 amide bonds. The van der Waals surface area contributed by atoms with Crippen molar-refractivity contribution in [2.45, 2.75) is 57.2 Å². The first kappa shape index (κ1) is 15.0. The first-order valence-electron chi connectivity index (χ1n) is 8.37. The van der Waals surface area contributed by atoms with E-state index in [1.807, 2.05) is 6.07 Å². The standard InChI is InChI=1S/C18H27FN2/c1-3-20-18(10-13-5-4-6-15(19)9-13)14-11-16-7-8-17(12-14)21(16)2/h4-6,9,14,16-18,20H,3,7-8,10-12H2,1-2H3. The Morgan fingerprint density at radius 3 is 2.62 bits per heavy atom. The van der Waals surface area contributed by atoms with Crippen LogP contribution < -0.4 is 5.32 Å². The van der Waals surface area contributed by atoms with Crippen LogP contribution in [-0.2, 0) is 6.42 Å². The fourth-order valence-electron chi connectivity index (χ4n) is 4.37. The number of nitrogens with zero attached hydrogens (tertiary/aromatic N) is 1. The Morgan fingerprint density at radius 2 is 2.00 bits per heavy atom. The monoisotopic (exact) mass is 290 g/mol. The van der Waals surface area contributed by atoms with Gasteiger partial charge in [0.05, 0.1) is 0 Å². The van der Waals surface area contributed by atoms with Crippen molar-refractivity contribution in [3.05, 3.63) is 35.6 Å². The molecule has 116 valence electrons. The van der Waals surface area contributed by atoms with E-state index in [1.165, 1.54) is 31.7 Å². The van der Waals surface area contributed by atoms with Crippen molar-refractivity contribution in [3.63, 3.8) is 0 Å². The highest BCUT2D eigenvalue weighted by Gasteiger charge is 2.40. The molecule has 3 rings (SSSR count). The number of likely N-dealkylation sites (N-methyl/N-ethyl adjacent to an activating group) is 1. The molecule has 3 unspecified atom stereocenters. The fourth-order valence-corrected chi connectivity index (χ4v) is 4.37. The van der Waals surface area contributed by atoms with Gasteiger partial charge in [-0.3, -0.25) is 0 Å². The van der Waals surface area contributed by atoms with Crippen LogP contribution in [0.5, 0.6) is 0 Å². The maximum absolute atomic E-state index is 13.4. The number of nitrogens with one attached hydrogen (secondary N) is 1. The average Bonchev–Trinajstić information content (AvgIpc) is 2.69. The maximum atomic E-state index is 13.4. The predicted molar refractivity (Wildman–Crippen MR) is 84.9 cm³/mol. The van der Waals surface area contributed by atoms with Gasteiger partial charge >= 0.3 is 0 Å². The summed E-state index contributed by atoms with van der Waals surface area (Å²) in [5, 5.41) is 3.66. The third kappa shape index (κ3) is 3.29. The van der Waals surface area contributed by atoms with Gasteiger partial charge < -0.3 is 10.2 Å². The lowest BCUT2D eigenvalue weighted by Gasteiger charge is -2.40. The van der Waals surface area contributed by atoms with E-state index in [-0.39, 0.29) is 5.82 Å². The molecule has 2 nitrogen and oxygen atoms in total. The van der Waals surface area contributed by atoms with E-state index < -0.39 is 0 Å². The highest BCUT2D eigenvalue weighted by molar-refractivity contribution is 5.18. The average molecular weight is 290 g/mol. The molecule has 2 fully saturated rings. The second-order valence-electron chi connectivity index (χ2n) is 6.78. The summed E-state index contributed by atoms with van der Waals surface area (Å²) in [5.74, 6) is 0.605. The molecule has 0 radical (unpaired) electrons. The lowest BCUT2D eigenvalue weighted by molar-refractivity contribution is 0.112. The van der Waals surface area contributed by atoms with Gasteiger partial charge in [-0.05, 0) is 69.3 Å². The molecule has 3 atom stereocenters. The van der Waals surface area contributed by atoms with Crippen LogP contribution in [0.15, 0.2) is 24.3 Å². The molecule has 0 spiro atoms. The van der Waals surface area contributed by atoms with Crippen molar-refractivity contribution in [2.75, 3.05) is 13.6 Å². The van der Waals surface area contributed by atoms with Crippen molar-refractivity contribution >= 4 is 0 Å². The minimum absolute atomic E-state index is 0.119. The van der Waals surface area contributed by atoms with Crippen LogP contribution in [-0.4, -0.2) is 36.6 Å². The third-order valence-corrected chi connectivity index (χ3v) is 5.51. The molecule has 2 saturated heterocycles. The van der Waals surface area contributed by atoms with Crippen LogP contribution in [0.4, 0.5) is 4.39 Å². The van der Waals surface area contributed by atoms with Gasteiger partial charge in [0, 0.05) is 18.1 Å². The minimum atomic E-state index is -0.119. The van der Waals surface area contributed by atoms with Crippen molar-refractivity contribution in [1.82, 2.24) is 10.2 Å². The van der Waals surface area contributed by atoms with Gasteiger partial charge in [0.15, 0.2) is 0 Å². The van der Waals surface area contributed by atoms with Gasteiger partial charge in [0.1, 0.15) is 5.82 Å². The highest BCUT2D eigenvalue weighted by atomic mass is 19.1. The number of benzene rings is 1. The van der Waals surface area contributed by atoms with E-state index >= 15 is 0 Å². The molecule has 2 bridgehead atoms. The molecule has 1 aromatic carbocycles. The molecule has 2 heterocycles. The number of hydrogen-bond acceptors (Lipinski definition) is 2. The summed E-state index contributed by atoms with van der Waals surface area (Å²) in [6, 6.07) is 9.11. The van der Waals surface area contributed by atoms with Crippen molar-refractivity contribution < 1.29 is 4.39 Å². The van der Waals surface area contributed by atoms with Gasteiger partial charge in [0.2, 0.25) is 0 Å². The summed E-state index contributed by atoms with van der Waals surface area (Å²) in [6.07, 6.45) is 6.24. The van der Waals surface area contributed by atoms with Crippen LogP contribution in [0, 0.1) is 11.7 Å². The Kier molecular flexibility index (Phi) is 4.60. The molecule has 21 heavy (non-hydrogen) atoms. The lowest BCUT2D eigenvalue weighted by Crippen LogP contribution is -2.47. The lowest BCUT2D eigenvalue weighted by atomic mass is 9.82. The Bertz CT molecular complexity index is 462. The van der Waals surface area contributed by atoms with Gasteiger partial charge in [0.25, 0.3) is 0 Å². The molecule has 3 heteroatoms. The first-order valence-corrected chi connectivity index (χ1v) is 8.37. The zero-order chi connectivity index (χ0) is 14.8. The Morgan fingerprint density at radius 1 is 1.29 bits per heavy atom. The SMILES string of the molecule is CCNC(Cc1cccc(F)c1)C1CC2CCC(C1)N2C. The highest BCUT2D eigenvalue weighted by Crippen LogP contribution is 2.39. The second kappa shape index (κ2) is 6.45. The Labute approximate surface area is 127 Å². The zero-order valence-corrected chi connectivity index (χ0v) is 13.2. The van der Waals surface area contributed by atoms with E-state index in [0.29, 0.717) is 6.04 Å². The summed E-state index contributed by atoms with van der Waals surface area (Å²) in [6.45, 7) is 3.16. The molecular weight excluding hydrogens is 263 g/mol. The Hall–Kier alpha value is -0.930. The predicted octanol–water partition coefficient (Wildman–Crippen LogP) is 3.22. The van der Waals surface area contributed by atoms with Gasteiger partial charge in [-0.1, -0.05) is 19.1 Å². The van der Waals surface area contributed by atoms with Crippen LogP contribution in [0.3, 0.4) is 0 Å². The van der Waals surface area contributed by atoms with Gasteiger partial charge in [-0.25, -0.2) is 4.39 Å². The topological polar surface area (TPSA) is 15.3 Å². The molecule has 0 aliphatic carbocycles. The van der Waals surface area contributed by atoms with Gasteiger partial charge in [-0.15, -0.1) is 0 Å². The summed E-state index contributed by atoms with van der Waals surface area (Å²) < 4.78 is 13.4. The maximum Gasteiger partial charge on any atom is 0.123 e. The smallest absolute Gasteiger partial charge is 0.123 e. The molecular formula is C18H27FN2. The molecule has 1 N–H and O–H groups in total. The van der Waals surface area contributed by atoms with Crippen molar-refractivity contribution in [1.29, 1.82) is 0 Å². The first-order chi connectivity index (χ1) is 10.2. The third-order valence-electron chi connectivity index (χ3n) is 5.51. The number of fused-ring (bicyclic) bond motifs is 2. The number of rotatable bonds is 5. The minimum Gasteiger partial charge on any atom is -0.314 e. The van der Waals surface area contributed by atoms with E-state index in [4.69, 9.17) is 0 Å². The van der Waals surface area contributed by atoms with E-state index in [2.05, 4.69) is 30.3 Å². The summed E-state index contributed by atoms with van der Waals surface area (Å²) in [4.78, 5) is 2.59. The number of piperidine rings is 1. The molecule has 2 aliphatic rings. The number of halogens is 1. The van der Waals surface area contributed by atoms with Crippen LogP contribution >= 0.6 is 0 Å². The summed E-state index contributed by atoms with van der Waals surface area (Å²) in [7, 11) is 2.29. The number of hydrogen-bond donors (Lipinski definition) is 1. The molecule has 1 aromatic rings. The van der Waals surface area contributed by atoms with Crippen molar-refractivity contribution in [3.8, 4) is 0 Å². The fraction of sp³-hybridized carbons (Fsp3) is 0.667. The quantitative estimate of drug-likeness (QED) is 0.896. The second-order valence-corrected chi connectivity index (χ2v) is 6.78. The summed E-state index contributed by atoms with van der Waals surface area (Å²) in [5.41, 5.74) is 1.12.